The number of carbonyl (C=O) groups is 2. The van der Waals surface area contributed by atoms with Crippen molar-refractivity contribution in [1.82, 2.24) is 10.2 Å². The number of aromatic nitrogens is 2. The maximum absolute atomic E-state index is 12.9. The maximum atomic E-state index is 12.9. The average molecular weight is 459 g/mol. The molecule has 0 spiro atoms. The van der Waals surface area contributed by atoms with Crippen molar-refractivity contribution in [2.75, 3.05) is 11.6 Å². The summed E-state index contributed by atoms with van der Waals surface area (Å²) in [5.74, 6) is -0.562. The normalized spacial score (nSPS) is 13.3. The number of carbonyl (C=O) groups excluding carboxylic acids is 2. The van der Waals surface area contributed by atoms with Crippen LogP contribution in [0, 0.1) is 6.92 Å². The third-order valence-electron chi connectivity index (χ3n) is 3.51. The molecule has 1 heterocycles. The molecule has 156 valence electrons. The van der Waals surface area contributed by atoms with E-state index in [1.54, 1.807) is 39.8 Å². The topological polar surface area (TPSA) is 111 Å². The van der Waals surface area contributed by atoms with E-state index in [4.69, 9.17) is 27.9 Å². The van der Waals surface area contributed by atoms with Gasteiger partial charge in [0, 0.05) is 22.4 Å². The Hall–Kier alpha value is -2.23. The first kappa shape index (κ1) is 23.1. The lowest BCUT2D eigenvalue weighted by atomic mass is 10.1. The molecule has 2 amide bonds. The van der Waals surface area contributed by atoms with Crippen LogP contribution in [0.2, 0.25) is 10.3 Å². The second-order valence-corrected chi connectivity index (χ2v) is 10.1. The third-order valence-corrected chi connectivity index (χ3v) is 5.76. The van der Waals surface area contributed by atoms with Crippen LogP contribution in [0.15, 0.2) is 33.5 Å². The average Bonchev–Trinajstić information content (AvgIpc) is 2.56. The van der Waals surface area contributed by atoms with Crippen LogP contribution in [0.5, 0.6) is 0 Å². The van der Waals surface area contributed by atoms with Crippen molar-refractivity contribution in [2.45, 2.75) is 38.2 Å². The Balaban J connectivity index is 2.33. The number of anilines is 1. The first-order chi connectivity index (χ1) is 13.3. The van der Waals surface area contributed by atoms with Crippen molar-refractivity contribution >= 4 is 50.6 Å². The van der Waals surface area contributed by atoms with Crippen molar-refractivity contribution in [3.8, 4) is 0 Å². The van der Waals surface area contributed by atoms with E-state index >= 15 is 0 Å². The van der Waals surface area contributed by atoms with Gasteiger partial charge < -0.3 is 10.1 Å². The predicted molar refractivity (Wildman–Crippen MR) is 112 cm³/mol. The quantitative estimate of drug-likeness (QED) is 0.710. The van der Waals surface area contributed by atoms with Crippen molar-refractivity contribution in [3.05, 3.63) is 45.7 Å². The number of hydrogen-bond acceptors (Lipinski definition) is 6. The molecule has 1 atom stereocenters. The summed E-state index contributed by atoms with van der Waals surface area (Å²) >= 11 is 11.9. The van der Waals surface area contributed by atoms with Gasteiger partial charge >= 0.3 is 6.09 Å². The van der Waals surface area contributed by atoms with Crippen LogP contribution in [0.4, 0.5) is 10.5 Å². The van der Waals surface area contributed by atoms with Crippen molar-refractivity contribution in [2.24, 2.45) is 4.36 Å². The predicted octanol–water partition coefficient (Wildman–Crippen LogP) is 4.74. The zero-order valence-electron chi connectivity index (χ0n) is 16.4. The SMILES string of the molecule is Cc1c(Cl)nnc(Cl)c1C(=O)Nc1cccc([S@@](C)(=O)=NC(=O)OC(C)(C)C)c1. The van der Waals surface area contributed by atoms with Crippen LogP contribution < -0.4 is 5.32 Å². The standard InChI is InChI=1S/C18H20Cl2N4O4S/c1-10-13(15(20)23-22-14(10)19)16(25)21-11-7-6-8-12(9-11)29(5,27)24-17(26)28-18(2,3)4/h6-9H,1-5H3,(H,21,25)/t29-/m1/s1. The van der Waals surface area contributed by atoms with Gasteiger partial charge in [-0.15, -0.1) is 14.6 Å². The highest BCUT2D eigenvalue weighted by molar-refractivity contribution is 7.93. The van der Waals surface area contributed by atoms with E-state index in [-0.39, 0.29) is 20.8 Å². The lowest BCUT2D eigenvalue weighted by Crippen LogP contribution is -2.22. The third kappa shape index (κ3) is 6.12. The molecule has 0 bridgehead atoms. The molecule has 0 aliphatic heterocycles. The summed E-state index contributed by atoms with van der Waals surface area (Å²) in [7, 11) is -3.10. The number of amides is 2. The van der Waals surface area contributed by atoms with E-state index in [2.05, 4.69) is 19.9 Å². The monoisotopic (exact) mass is 458 g/mol. The Morgan fingerprint density at radius 1 is 1.17 bits per heavy atom. The summed E-state index contributed by atoms with van der Waals surface area (Å²) in [6, 6.07) is 6.15. The van der Waals surface area contributed by atoms with Crippen LogP contribution in [-0.4, -0.2) is 38.3 Å². The Labute approximate surface area is 179 Å². The smallest absolute Gasteiger partial charge is 0.442 e. The number of ether oxygens (including phenoxy) is 1. The Morgan fingerprint density at radius 3 is 2.41 bits per heavy atom. The van der Waals surface area contributed by atoms with Crippen LogP contribution >= 0.6 is 23.2 Å². The summed E-state index contributed by atoms with van der Waals surface area (Å²) in [6.07, 6.45) is 0.380. The fraction of sp³-hybridized carbons (Fsp3) is 0.333. The van der Waals surface area contributed by atoms with Gasteiger partial charge in [-0.2, -0.15) is 0 Å². The van der Waals surface area contributed by atoms with E-state index in [1.807, 2.05) is 0 Å². The van der Waals surface area contributed by atoms with Crippen molar-refractivity contribution < 1.29 is 18.5 Å². The van der Waals surface area contributed by atoms with E-state index in [1.165, 1.54) is 18.4 Å². The van der Waals surface area contributed by atoms with E-state index < -0.39 is 27.3 Å². The number of benzene rings is 1. The molecule has 8 nitrogen and oxygen atoms in total. The van der Waals surface area contributed by atoms with Crippen LogP contribution in [0.1, 0.15) is 36.7 Å². The van der Waals surface area contributed by atoms with E-state index in [0.717, 1.165) is 0 Å². The number of rotatable bonds is 3. The molecule has 0 saturated carbocycles. The van der Waals surface area contributed by atoms with Gasteiger partial charge in [0.15, 0.2) is 10.3 Å². The minimum absolute atomic E-state index is 0.0565. The molecule has 0 saturated heterocycles. The van der Waals surface area contributed by atoms with Gasteiger partial charge in [-0.1, -0.05) is 29.3 Å². The molecular weight excluding hydrogens is 439 g/mol. The summed E-state index contributed by atoms with van der Waals surface area (Å²) in [5, 5.41) is 9.87. The van der Waals surface area contributed by atoms with Gasteiger partial charge in [0.05, 0.1) is 15.3 Å². The van der Waals surface area contributed by atoms with E-state index in [0.29, 0.717) is 11.3 Å². The largest absolute Gasteiger partial charge is 0.442 e. The minimum atomic E-state index is -3.10. The Kier molecular flexibility index (Phi) is 6.87. The van der Waals surface area contributed by atoms with Crippen LogP contribution in [0.3, 0.4) is 0 Å². The number of halogens is 2. The minimum Gasteiger partial charge on any atom is -0.442 e. The molecule has 0 fully saturated rings. The molecule has 0 aliphatic rings. The molecule has 11 heteroatoms. The number of nitrogens with zero attached hydrogens (tertiary/aromatic N) is 3. The highest BCUT2D eigenvalue weighted by Crippen LogP contribution is 2.24. The molecule has 0 unspecified atom stereocenters. The van der Waals surface area contributed by atoms with Crippen molar-refractivity contribution in [3.63, 3.8) is 0 Å². The molecule has 1 aromatic carbocycles. The molecule has 2 rings (SSSR count). The van der Waals surface area contributed by atoms with Gasteiger partial charge in [-0.25, -0.2) is 9.00 Å². The fourth-order valence-electron chi connectivity index (χ4n) is 2.21. The molecule has 0 radical (unpaired) electrons. The zero-order chi connectivity index (χ0) is 22.0. The number of nitrogens with one attached hydrogen (secondary N) is 1. The fourth-order valence-corrected chi connectivity index (χ4v) is 3.71. The first-order valence-electron chi connectivity index (χ1n) is 8.35. The summed E-state index contributed by atoms with van der Waals surface area (Å²) in [4.78, 5) is 24.8. The van der Waals surface area contributed by atoms with Gasteiger partial charge in [-0.3, -0.25) is 4.79 Å². The first-order valence-corrected chi connectivity index (χ1v) is 11.0. The molecule has 0 aliphatic carbocycles. The van der Waals surface area contributed by atoms with E-state index in [9.17, 15) is 13.8 Å². The molecular formula is C18H20Cl2N4O4S. The second-order valence-electron chi connectivity index (χ2n) is 7.14. The van der Waals surface area contributed by atoms with Crippen LogP contribution in [0.25, 0.3) is 0 Å². The van der Waals surface area contributed by atoms with Gasteiger partial charge in [0.1, 0.15) is 5.60 Å². The zero-order valence-corrected chi connectivity index (χ0v) is 18.8. The van der Waals surface area contributed by atoms with Crippen molar-refractivity contribution in [1.29, 1.82) is 0 Å². The van der Waals surface area contributed by atoms with Gasteiger partial charge in [-0.05, 0) is 45.9 Å². The second kappa shape index (κ2) is 8.64. The molecule has 29 heavy (non-hydrogen) atoms. The molecule has 2 aromatic rings. The maximum Gasteiger partial charge on any atom is 0.442 e. The highest BCUT2D eigenvalue weighted by atomic mass is 35.5. The highest BCUT2D eigenvalue weighted by Gasteiger charge is 2.20. The summed E-state index contributed by atoms with van der Waals surface area (Å²) < 4.78 is 21.7. The summed E-state index contributed by atoms with van der Waals surface area (Å²) in [5.41, 5.74) is 0.0141. The lowest BCUT2D eigenvalue weighted by molar-refractivity contribution is 0.0607. The van der Waals surface area contributed by atoms with Gasteiger partial charge in [0.2, 0.25) is 0 Å². The van der Waals surface area contributed by atoms with Crippen LogP contribution in [-0.2, 0) is 14.5 Å². The van der Waals surface area contributed by atoms with Gasteiger partial charge in [0.25, 0.3) is 5.91 Å². The molecule has 1 aromatic heterocycles. The molecule has 1 N–H and O–H groups in total. The lowest BCUT2D eigenvalue weighted by Gasteiger charge is -2.17. The Morgan fingerprint density at radius 2 is 1.79 bits per heavy atom. The Bertz CT molecular complexity index is 1090. The summed E-state index contributed by atoms with van der Waals surface area (Å²) in [6.45, 7) is 6.64. The number of hydrogen-bond donors (Lipinski definition) is 1.